The van der Waals surface area contributed by atoms with Crippen molar-refractivity contribution >= 4 is 11.3 Å². The van der Waals surface area contributed by atoms with Crippen LogP contribution < -0.4 is 5.73 Å². The summed E-state index contributed by atoms with van der Waals surface area (Å²) in [7, 11) is 0. The van der Waals surface area contributed by atoms with Gasteiger partial charge in [0, 0.05) is 11.3 Å². The smallest absolute Gasteiger partial charge is 0.0399 e. The van der Waals surface area contributed by atoms with E-state index >= 15 is 0 Å². The van der Waals surface area contributed by atoms with Gasteiger partial charge in [-0.05, 0) is 48.1 Å². The molecule has 2 aromatic rings. The molecule has 1 aliphatic rings. The first-order valence-corrected chi connectivity index (χ1v) is 7.07. The Kier molecular flexibility index (Phi) is 3.42. The molecule has 0 bridgehead atoms. The lowest BCUT2D eigenvalue weighted by Crippen LogP contribution is -1.95. The summed E-state index contributed by atoms with van der Waals surface area (Å²) in [4.78, 5) is 0. The molecule has 0 aromatic heterocycles. The molecule has 0 aliphatic heterocycles. The fourth-order valence-corrected chi connectivity index (χ4v) is 2.73. The summed E-state index contributed by atoms with van der Waals surface area (Å²) in [5.74, 6) is 0. The van der Waals surface area contributed by atoms with Gasteiger partial charge in [-0.1, -0.05) is 54.6 Å². The second kappa shape index (κ2) is 5.38. The maximum absolute atomic E-state index is 6.28. The summed E-state index contributed by atoms with van der Waals surface area (Å²) < 4.78 is 0. The lowest BCUT2D eigenvalue weighted by atomic mass is 9.93. The molecule has 0 spiro atoms. The molecule has 1 aliphatic carbocycles. The molecule has 100 valence electrons. The van der Waals surface area contributed by atoms with Gasteiger partial charge in [0.15, 0.2) is 0 Å². The van der Waals surface area contributed by atoms with Gasteiger partial charge < -0.3 is 5.73 Å². The Morgan fingerprint density at radius 1 is 1.00 bits per heavy atom. The Labute approximate surface area is 120 Å². The summed E-state index contributed by atoms with van der Waals surface area (Å²) >= 11 is 0. The van der Waals surface area contributed by atoms with E-state index in [1.54, 1.807) is 0 Å². The third kappa shape index (κ3) is 2.39. The van der Waals surface area contributed by atoms with E-state index in [1.807, 2.05) is 0 Å². The number of anilines is 1. The van der Waals surface area contributed by atoms with Gasteiger partial charge in [-0.25, -0.2) is 0 Å². The molecule has 3 rings (SSSR count). The van der Waals surface area contributed by atoms with E-state index in [-0.39, 0.29) is 0 Å². The highest BCUT2D eigenvalue weighted by atomic mass is 14.6. The highest BCUT2D eigenvalue weighted by Gasteiger charge is 2.09. The molecule has 0 atom stereocenters. The van der Waals surface area contributed by atoms with Gasteiger partial charge >= 0.3 is 0 Å². The van der Waals surface area contributed by atoms with Crippen LogP contribution in [0, 0.1) is 6.92 Å². The van der Waals surface area contributed by atoms with E-state index in [0.717, 1.165) is 24.1 Å². The molecule has 0 unspecified atom stereocenters. The number of rotatable bonds is 2. The van der Waals surface area contributed by atoms with Crippen LogP contribution in [0.25, 0.3) is 16.7 Å². The standard InChI is InChI=1S/C19H19N/c1-14-7-5-6-10-17(14)18-12-11-16(13-19(18)20)15-8-3-2-4-9-15/h2-3,5-8,10-13H,4,9,20H2,1H3. The molecular weight excluding hydrogens is 242 g/mol. The molecule has 0 saturated heterocycles. The predicted octanol–water partition coefficient (Wildman–Crippen LogP) is 4.98. The first-order valence-electron chi connectivity index (χ1n) is 7.07. The zero-order chi connectivity index (χ0) is 13.9. The van der Waals surface area contributed by atoms with Crippen molar-refractivity contribution in [2.75, 3.05) is 5.73 Å². The van der Waals surface area contributed by atoms with Crippen LogP contribution in [0.4, 0.5) is 5.69 Å². The van der Waals surface area contributed by atoms with Gasteiger partial charge in [-0.15, -0.1) is 0 Å². The zero-order valence-electron chi connectivity index (χ0n) is 11.8. The van der Waals surface area contributed by atoms with Crippen molar-refractivity contribution in [1.29, 1.82) is 0 Å². The number of hydrogen-bond donors (Lipinski definition) is 1. The second-order valence-corrected chi connectivity index (χ2v) is 5.28. The average molecular weight is 261 g/mol. The SMILES string of the molecule is Cc1ccccc1-c1ccc(C2=CC=CCC2)cc1N. The van der Waals surface area contributed by atoms with Crippen LogP contribution in [0.1, 0.15) is 24.0 Å². The molecule has 0 amide bonds. The van der Waals surface area contributed by atoms with Gasteiger partial charge in [-0.2, -0.15) is 0 Å². The Morgan fingerprint density at radius 3 is 2.55 bits per heavy atom. The van der Waals surface area contributed by atoms with Crippen LogP contribution in [0.3, 0.4) is 0 Å². The van der Waals surface area contributed by atoms with Gasteiger partial charge in [-0.3, -0.25) is 0 Å². The van der Waals surface area contributed by atoms with Crippen LogP contribution in [0.15, 0.2) is 60.7 Å². The van der Waals surface area contributed by atoms with Gasteiger partial charge in [0.25, 0.3) is 0 Å². The average Bonchev–Trinajstić information content (AvgIpc) is 2.49. The van der Waals surface area contributed by atoms with Gasteiger partial charge in [0.2, 0.25) is 0 Å². The fourth-order valence-electron chi connectivity index (χ4n) is 2.73. The summed E-state index contributed by atoms with van der Waals surface area (Å²) in [6.45, 7) is 2.12. The van der Waals surface area contributed by atoms with Crippen LogP contribution in [-0.2, 0) is 0 Å². The van der Waals surface area contributed by atoms with E-state index < -0.39 is 0 Å². The maximum atomic E-state index is 6.28. The molecule has 0 fully saturated rings. The van der Waals surface area contributed by atoms with E-state index in [9.17, 15) is 0 Å². The first-order chi connectivity index (χ1) is 9.75. The molecule has 20 heavy (non-hydrogen) atoms. The Morgan fingerprint density at radius 2 is 1.85 bits per heavy atom. The van der Waals surface area contributed by atoms with Crippen LogP contribution in [0.2, 0.25) is 0 Å². The van der Waals surface area contributed by atoms with Crippen molar-refractivity contribution in [3.05, 3.63) is 71.8 Å². The van der Waals surface area contributed by atoms with Crippen molar-refractivity contribution in [3.63, 3.8) is 0 Å². The van der Waals surface area contributed by atoms with Crippen LogP contribution in [-0.4, -0.2) is 0 Å². The number of aryl methyl sites for hydroxylation is 1. The van der Waals surface area contributed by atoms with E-state index in [4.69, 9.17) is 5.73 Å². The molecule has 0 saturated carbocycles. The predicted molar refractivity (Wildman–Crippen MR) is 87.4 cm³/mol. The molecule has 2 aromatic carbocycles. The first kappa shape index (κ1) is 12.7. The van der Waals surface area contributed by atoms with Crippen molar-refractivity contribution in [1.82, 2.24) is 0 Å². The van der Waals surface area contributed by atoms with Crippen molar-refractivity contribution < 1.29 is 0 Å². The topological polar surface area (TPSA) is 26.0 Å². The number of allylic oxidation sites excluding steroid dienone is 4. The Hall–Kier alpha value is -2.28. The Bertz CT molecular complexity index is 693. The summed E-state index contributed by atoms with van der Waals surface area (Å²) in [5, 5.41) is 0. The largest absolute Gasteiger partial charge is 0.398 e. The summed E-state index contributed by atoms with van der Waals surface area (Å²) in [6, 6.07) is 14.8. The lowest BCUT2D eigenvalue weighted by Gasteiger charge is -2.13. The maximum Gasteiger partial charge on any atom is 0.0399 e. The van der Waals surface area contributed by atoms with Crippen LogP contribution in [0.5, 0.6) is 0 Å². The molecule has 2 N–H and O–H groups in total. The molecule has 0 heterocycles. The van der Waals surface area contributed by atoms with Gasteiger partial charge in [0.05, 0.1) is 0 Å². The molecule has 0 radical (unpaired) electrons. The summed E-state index contributed by atoms with van der Waals surface area (Å²) in [6.07, 6.45) is 8.73. The van der Waals surface area contributed by atoms with E-state index in [0.29, 0.717) is 0 Å². The highest BCUT2D eigenvalue weighted by Crippen LogP contribution is 2.32. The second-order valence-electron chi connectivity index (χ2n) is 5.28. The third-order valence-electron chi connectivity index (χ3n) is 3.87. The van der Waals surface area contributed by atoms with Crippen molar-refractivity contribution in [2.24, 2.45) is 0 Å². The normalized spacial score (nSPS) is 14.2. The lowest BCUT2D eigenvalue weighted by molar-refractivity contribution is 1.05. The molecular formula is C19H19N. The number of benzene rings is 2. The monoisotopic (exact) mass is 261 g/mol. The summed E-state index contributed by atoms with van der Waals surface area (Å²) in [5.41, 5.74) is 13.3. The highest BCUT2D eigenvalue weighted by molar-refractivity contribution is 5.82. The van der Waals surface area contributed by atoms with Crippen LogP contribution >= 0.6 is 0 Å². The zero-order valence-corrected chi connectivity index (χ0v) is 11.8. The third-order valence-corrected chi connectivity index (χ3v) is 3.87. The minimum absolute atomic E-state index is 0.854. The number of hydrogen-bond acceptors (Lipinski definition) is 1. The van der Waals surface area contributed by atoms with Crippen molar-refractivity contribution in [2.45, 2.75) is 19.8 Å². The van der Waals surface area contributed by atoms with Gasteiger partial charge in [0.1, 0.15) is 0 Å². The minimum atomic E-state index is 0.854. The Balaban J connectivity index is 2.02. The number of nitrogen functional groups attached to an aromatic ring is 1. The molecule has 1 nitrogen and oxygen atoms in total. The number of nitrogens with two attached hydrogens (primary N) is 1. The quantitative estimate of drug-likeness (QED) is 0.758. The molecule has 1 heteroatoms. The van der Waals surface area contributed by atoms with E-state index in [2.05, 4.69) is 67.6 Å². The van der Waals surface area contributed by atoms with E-state index in [1.165, 1.54) is 22.3 Å². The van der Waals surface area contributed by atoms with Crippen molar-refractivity contribution in [3.8, 4) is 11.1 Å². The fraction of sp³-hybridized carbons (Fsp3) is 0.158. The minimum Gasteiger partial charge on any atom is -0.398 e.